The topological polar surface area (TPSA) is 150 Å². The number of aromatic nitrogens is 3. The Morgan fingerprint density at radius 2 is 1.91 bits per heavy atom. The lowest BCUT2D eigenvalue weighted by Gasteiger charge is -2.42. The van der Waals surface area contributed by atoms with Gasteiger partial charge in [-0.05, 0) is 18.6 Å². The molecule has 14 heteroatoms. The Kier molecular flexibility index (Phi) is 8.54. The summed E-state index contributed by atoms with van der Waals surface area (Å²) in [6, 6.07) is 0.196. The second kappa shape index (κ2) is 11.0. The summed E-state index contributed by atoms with van der Waals surface area (Å²) in [5.74, 6) is -5.01. The maximum atomic E-state index is 13.6. The molecule has 1 aliphatic heterocycles. The molecule has 2 heterocycles. The van der Waals surface area contributed by atoms with Gasteiger partial charge in [-0.25, -0.2) is 17.9 Å². The highest BCUT2D eigenvalue weighted by Crippen LogP contribution is 2.38. The van der Waals surface area contributed by atoms with Crippen LogP contribution in [0.2, 0.25) is 0 Å². The van der Waals surface area contributed by atoms with Crippen LogP contribution in [-0.2, 0) is 9.53 Å². The van der Waals surface area contributed by atoms with E-state index in [1.165, 1.54) is 13.2 Å². The van der Waals surface area contributed by atoms with Crippen molar-refractivity contribution < 1.29 is 43.1 Å². The number of nitrogens with zero attached hydrogens (tertiary/aromatic N) is 3. The van der Waals surface area contributed by atoms with Gasteiger partial charge in [0.15, 0.2) is 17.5 Å². The molecule has 2 aromatic rings. The summed E-state index contributed by atoms with van der Waals surface area (Å²) in [6.45, 7) is 1.03. The van der Waals surface area contributed by atoms with Gasteiger partial charge in [0.05, 0.1) is 18.9 Å². The van der Waals surface area contributed by atoms with Crippen molar-refractivity contribution in [2.75, 3.05) is 13.7 Å². The number of halogens is 3. The standard InChI is InChI=1S/C20H25F3N4O6S/c1-3-12(29)18(19(32)24-2)34-20-17(31)15(16(30)13(7-28)33-20)27-6-11(25-26-27)8-4-9(21)14(23)10(22)5-8/h4-6,12-13,15-18,20,28-31H,3,7H2,1-2H3,(H,24,32)/t12?,13-,15+,16+,17-,18?,20+/m1/s1. The zero-order valence-electron chi connectivity index (χ0n) is 18.2. The fourth-order valence-corrected chi connectivity index (χ4v) is 5.01. The van der Waals surface area contributed by atoms with Gasteiger partial charge in [0.25, 0.3) is 0 Å². The van der Waals surface area contributed by atoms with Gasteiger partial charge < -0.3 is 30.5 Å². The Morgan fingerprint density at radius 3 is 2.47 bits per heavy atom. The lowest BCUT2D eigenvalue weighted by atomic mass is 9.97. The summed E-state index contributed by atoms with van der Waals surface area (Å²) >= 11 is 0.809. The van der Waals surface area contributed by atoms with Crippen LogP contribution in [0.15, 0.2) is 18.3 Å². The minimum absolute atomic E-state index is 0.0712. The molecule has 1 saturated heterocycles. The third-order valence-corrected chi connectivity index (χ3v) is 6.98. The van der Waals surface area contributed by atoms with Crippen molar-refractivity contribution in [1.29, 1.82) is 0 Å². The van der Waals surface area contributed by atoms with E-state index in [4.69, 9.17) is 4.74 Å². The maximum Gasteiger partial charge on any atom is 0.235 e. The van der Waals surface area contributed by atoms with Crippen LogP contribution in [0.25, 0.3) is 11.3 Å². The third kappa shape index (κ3) is 5.21. The van der Waals surface area contributed by atoms with Gasteiger partial charge in [0.1, 0.15) is 40.7 Å². The number of hydrogen-bond acceptors (Lipinski definition) is 9. The minimum atomic E-state index is -1.64. The van der Waals surface area contributed by atoms with Crippen LogP contribution < -0.4 is 5.32 Å². The molecular weight excluding hydrogens is 481 g/mol. The Balaban J connectivity index is 1.92. The van der Waals surface area contributed by atoms with Crippen LogP contribution in [-0.4, -0.2) is 90.1 Å². The molecule has 1 aromatic carbocycles. The van der Waals surface area contributed by atoms with Crippen molar-refractivity contribution in [3.8, 4) is 11.3 Å². The highest BCUT2D eigenvalue weighted by molar-refractivity contribution is 8.01. The van der Waals surface area contributed by atoms with Gasteiger partial charge >= 0.3 is 0 Å². The normalized spacial score (nSPS) is 26.8. The van der Waals surface area contributed by atoms with E-state index in [1.54, 1.807) is 6.92 Å². The SMILES string of the molecule is CCC(O)C(S[C@@H]1O[C@H](CO)[C@H](O)[C@H](n2cc(-c3cc(F)c(F)c(F)c3)nn2)[C@H]1O)C(=O)NC. The number of hydrogen-bond donors (Lipinski definition) is 5. The summed E-state index contributed by atoms with van der Waals surface area (Å²) in [5, 5.41) is 50.6. The van der Waals surface area contributed by atoms with Gasteiger partial charge in [-0.15, -0.1) is 16.9 Å². The number of aliphatic hydroxyl groups is 4. The van der Waals surface area contributed by atoms with E-state index in [2.05, 4.69) is 15.6 Å². The molecule has 2 unspecified atom stereocenters. The van der Waals surface area contributed by atoms with E-state index < -0.39 is 71.1 Å². The number of thioether (sulfide) groups is 1. The minimum Gasteiger partial charge on any atom is -0.394 e. The van der Waals surface area contributed by atoms with Gasteiger partial charge in [-0.3, -0.25) is 4.79 Å². The zero-order valence-corrected chi connectivity index (χ0v) is 19.0. The molecule has 0 saturated carbocycles. The first-order valence-electron chi connectivity index (χ1n) is 10.4. The summed E-state index contributed by atoms with van der Waals surface area (Å²) in [6.07, 6.45) is -3.83. The zero-order chi connectivity index (χ0) is 25.2. The molecule has 34 heavy (non-hydrogen) atoms. The molecule has 1 aromatic heterocycles. The average Bonchev–Trinajstić information content (AvgIpc) is 3.30. The molecule has 7 atom stereocenters. The predicted octanol–water partition coefficient (Wildman–Crippen LogP) is -0.0388. The largest absolute Gasteiger partial charge is 0.394 e. The molecule has 10 nitrogen and oxygen atoms in total. The van der Waals surface area contributed by atoms with Crippen molar-refractivity contribution in [1.82, 2.24) is 20.3 Å². The fraction of sp³-hybridized carbons (Fsp3) is 0.550. The van der Waals surface area contributed by atoms with Crippen LogP contribution in [0.3, 0.4) is 0 Å². The number of carbonyl (C=O) groups is 1. The van der Waals surface area contributed by atoms with Crippen LogP contribution in [0.4, 0.5) is 13.2 Å². The first-order valence-corrected chi connectivity index (χ1v) is 11.3. The molecule has 0 radical (unpaired) electrons. The Morgan fingerprint density at radius 1 is 1.26 bits per heavy atom. The smallest absolute Gasteiger partial charge is 0.235 e. The van der Waals surface area contributed by atoms with Gasteiger partial charge in [-0.1, -0.05) is 12.1 Å². The van der Waals surface area contributed by atoms with Gasteiger partial charge in [0, 0.05) is 12.6 Å². The molecule has 1 amide bonds. The maximum absolute atomic E-state index is 13.6. The lowest BCUT2D eigenvalue weighted by molar-refractivity contribution is -0.178. The van der Waals surface area contributed by atoms with E-state index in [9.17, 15) is 38.4 Å². The van der Waals surface area contributed by atoms with Crippen LogP contribution in [0.1, 0.15) is 19.4 Å². The number of rotatable bonds is 8. The molecule has 0 aliphatic carbocycles. The molecule has 1 aliphatic rings. The number of benzene rings is 1. The number of nitrogens with one attached hydrogen (secondary N) is 1. The predicted molar refractivity (Wildman–Crippen MR) is 114 cm³/mol. The number of aliphatic hydroxyl groups excluding tert-OH is 4. The first kappa shape index (κ1) is 26.4. The third-order valence-electron chi connectivity index (χ3n) is 5.50. The molecule has 1 fully saturated rings. The van der Waals surface area contributed by atoms with E-state index in [0.29, 0.717) is 0 Å². The summed E-state index contributed by atoms with van der Waals surface area (Å²) in [5.41, 5.74) is -1.38. The van der Waals surface area contributed by atoms with Crippen molar-refractivity contribution in [2.24, 2.45) is 0 Å². The second-order valence-corrected chi connectivity index (χ2v) is 8.93. The van der Waals surface area contributed by atoms with Crippen LogP contribution >= 0.6 is 11.8 Å². The Labute approximate surface area is 196 Å². The van der Waals surface area contributed by atoms with Crippen molar-refractivity contribution in [3.05, 3.63) is 35.8 Å². The lowest BCUT2D eigenvalue weighted by Crippen LogP contribution is -2.56. The monoisotopic (exact) mass is 506 g/mol. The first-order chi connectivity index (χ1) is 16.1. The molecule has 5 N–H and O–H groups in total. The van der Waals surface area contributed by atoms with Crippen molar-refractivity contribution in [2.45, 2.75) is 54.5 Å². The van der Waals surface area contributed by atoms with Crippen molar-refractivity contribution >= 4 is 17.7 Å². The summed E-state index contributed by atoms with van der Waals surface area (Å²) in [4.78, 5) is 12.3. The number of ether oxygens (including phenoxy) is 1. The molecular formula is C20H25F3N4O6S. The number of carbonyl (C=O) groups excluding carboxylic acids is 1. The Bertz CT molecular complexity index is 991. The summed E-state index contributed by atoms with van der Waals surface area (Å²) in [7, 11) is 1.39. The highest BCUT2D eigenvalue weighted by Gasteiger charge is 2.48. The molecule has 0 spiro atoms. The molecule has 3 rings (SSSR count). The fourth-order valence-electron chi connectivity index (χ4n) is 3.58. The van der Waals surface area contributed by atoms with E-state index in [0.717, 1.165) is 28.6 Å². The van der Waals surface area contributed by atoms with Crippen LogP contribution in [0, 0.1) is 17.5 Å². The van der Waals surface area contributed by atoms with Gasteiger partial charge in [0.2, 0.25) is 5.91 Å². The highest BCUT2D eigenvalue weighted by atomic mass is 32.2. The van der Waals surface area contributed by atoms with E-state index >= 15 is 0 Å². The molecule has 0 bridgehead atoms. The summed E-state index contributed by atoms with van der Waals surface area (Å²) < 4.78 is 47.1. The average molecular weight is 507 g/mol. The Hall–Kier alpha value is -2.23. The quantitative estimate of drug-likeness (QED) is 0.311. The second-order valence-electron chi connectivity index (χ2n) is 7.68. The van der Waals surface area contributed by atoms with E-state index in [-0.39, 0.29) is 17.7 Å². The van der Waals surface area contributed by atoms with E-state index in [1.807, 2.05) is 0 Å². The van der Waals surface area contributed by atoms with Crippen molar-refractivity contribution in [3.63, 3.8) is 0 Å². The number of amides is 1. The van der Waals surface area contributed by atoms with Crippen LogP contribution in [0.5, 0.6) is 0 Å². The van der Waals surface area contributed by atoms with Gasteiger partial charge in [-0.2, -0.15) is 0 Å². The molecule has 188 valence electrons.